The lowest BCUT2D eigenvalue weighted by Crippen LogP contribution is -2.28. The van der Waals surface area contributed by atoms with Gasteiger partial charge in [-0.3, -0.25) is 10.1 Å². The van der Waals surface area contributed by atoms with E-state index in [1.54, 1.807) is 0 Å². The molecule has 1 atom stereocenters. The molecule has 1 fully saturated rings. The zero-order chi connectivity index (χ0) is 22.9. The number of hydrogen-bond acceptors (Lipinski definition) is 6. The van der Waals surface area contributed by atoms with Crippen LogP contribution in [0.1, 0.15) is 45.0 Å². The van der Waals surface area contributed by atoms with Crippen molar-refractivity contribution in [2.45, 2.75) is 44.0 Å². The van der Waals surface area contributed by atoms with Crippen LogP contribution in [0.15, 0.2) is 47.4 Å². The normalized spacial score (nSPS) is 16.0. The van der Waals surface area contributed by atoms with Gasteiger partial charge in [0.1, 0.15) is 11.5 Å². The molecule has 4 rings (SSSR count). The number of aromatic nitrogens is 2. The standard InChI is InChI=1S/C22H27N5O4S/c1-15(2)13-20(22-24-17-7-3-4-8-18(17)25-22)23-19-10-9-16(14-21(19)27(28)29)32(30,31)26-11-5-6-12-26/h3-4,7-10,14-15,20,23H,5-6,11-13H2,1-2H3,(H,24,25). The van der Waals surface area contributed by atoms with E-state index in [1.807, 2.05) is 24.3 Å². The van der Waals surface area contributed by atoms with Crippen molar-refractivity contribution in [3.8, 4) is 0 Å². The fraction of sp³-hybridized carbons (Fsp3) is 0.409. The third-order valence-electron chi connectivity index (χ3n) is 5.64. The Morgan fingerprint density at radius 3 is 2.56 bits per heavy atom. The number of aromatic amines is 1. The molecule has 1 saturated heterocycles. The highest BCUT2D eigenvalue weighted by Crippen LogP contribution is 2.34. The first kappa shape index (κ1) is 22.2. The third kappa shape index (κ3) is 4.46. The van der Waals surface area contributed by atoms with Crippen molar-refractivity contribution in [2.24, 2.45) is 5.92 Å². The number of fused-ring (bicyclic) bond motifs is 1. The van der Waals surface area contributed by atoms with Crippen molar-refractivity contribution in [3.05, 3.63) is 58.4 Å². The van der Waals surface area contributed by atoms with Gasteiger partial charge < -0.3 is 10.3 Å². The molecule has 2 heterocycles. The van der Waals surface area contributed by atoms with Gasteiger partial charge in [-0.05, 0) is 49.4 Å². The summed E-state index contributed by atoms with van der Waals surface area (Å²) in [7, 11) is -3.75. The number of H-pyrrole nitrogens is 1. The van der Waals surface area contributed by atoms with E-state index < -0.39 is 14.9 Å². The Bertz CT molecular complexity index is 1200. The molecule has 1 aromatic heterocycles. The zero-order valence-electron chi connectivity index (χ0n) is 18.1. The number of anilines is 1. The Labute approximate surface area is 187 Å². The number of rotatable bonds is 8. The van der Waals surface area contributed by atoms with Crippen molar-refractivity contribution >= 4 is 32.4 Å². The molecular formula is C22H27N5O4S. The maximum absolute atomic E-state index is 12.9. The van der Waals surface area contributed by atoms with Gasteiger partial charge >= 0.3 is 0 Å². The lowest BCUT2D eigenvalue weighted by Gasteiger charge is -2.21. The van der Waals surface area contributed by atoms with Crippen LogP contribution in [0.2, 0.25) is 0 Å². The number of para-hydroxylation sites is 2. The fourth-order valence-corrected chi connectivity index (χ4v) is 5.60. The summed E-state index contributed by atoms with van der Waals surface area (Å²) in [5, 5.41) is 15.1. The van der Waals surface area contributed by atoms with Gasteiger partial charge in [0.25, 0.3) is 5.69 Å². The summed E-state index contributed by atoms with van der Waals surface area (Å²) in [6.45, 7) is 5.02. The zero-order valence-corrected chi connectivity index (χ0v) is 18.9. The molecule has 0 radical (unpaired) electrons. The number of nitro benzene ring substituents is 1. The Morgan fingerprint density at radius 1 is 1.19 bits per heavy atom. The van der Waals surface area contributed by atoms with E-state index in [4.69, 9.17) is 0 Å². The molecule has 1 aliphatic rings. The fourth-order valence-electron chi connectivity index (χ4n) is 4.06. The molecule has 32 heavy (non-hydrogen) atoms. The van der Waals surface area contributed by atoms with Crippen LogP contribution in [-0.2, 0) is 10.0 Å². The van der Waals surface area contributed by atoms with E-state index in [9.17, 15) is 18.5 Å². The molecule has 0 aliphatic carbocycles. The molecule has 1 aliphatic heterocycles. The quantitative estimate of drug-likeness (QED) is 0.381. The number of sulfonamides is 1. The first-order chi connectivity index (χ1) is 15.3. The Hall–Kier alpha value is -2.98. The lowest BCUT2D eigenvalue weighted by molar-refractivity contribution is -0.384. The number of imidazole rings is 1. The monoisotopic (exact) mass is 457 g/mol. The Kier molecular flexibility index (Phi) is 6.16. The van der Waals surface area contributed by atoms with Crippen LogP contribution in [-0.4, -0.2) is 40.7 Å². The van der Waals surface area contributed by atoms with Crippen molar-refractivity contribution in [2.75, 3.05) is 18.4 Å². The molecule has 0 bridgehead atoms. The molecule has 0 saturated carbocycles. The van der Waals surface area contributed by atoms with E-state index in [1.165, 1.54) is 16.4 Å². The van der Waals surface area contributed by atoms with Gasteiger partial charge in [-0.25, -0.2) is 13.4 Å². The van der Waals surface area contributed by atoms with Gasteiger partial charge in [-0.1, -0.05) is 26.0 Å². The molecule has 1 unspecified atom stereocenters. The topological polar surface area (TPSA) is 121 Å². The van der Waals surface area contributed by atoms with E-state index >= 15 is 0 Å². The van der Waals surface area contributed by atoms with Crippen molar-refractivity contribution in [1.29, 1.82) is 0 Å². The number of nitrogens with one attached hydrogen (secondary N) is 2. The largest absolute Gasteiger partial charge is 0.370 e. The summed E-state index contributed by atoms with van der Waals surface area (Å²) in [5.74, 6) is 0.984. The predicted molar refractivity (Wildman–Crippen MR) is 123 cm³/mol. The second-order valence-corrected chi connectivity index (χ2v) is 10.5. The molecular weight excluding hydrogens is 430 g/mol. The van der Waals surface area contributed by atoms with Gasteiger partial charge in [0.15, 0.2) is 0 Å². The summed E-state index contributed by atoms with van der Waals surface area (Å²) in [4.78, 5) is 19.2. The van der Waals surface area contributed by atoms with E-state index in [2.05, 4.69) is 29.1 Å². The molecule has 0 spiro atoms. The van der Waals surface area contributed by atoms with Crippen LogP contribution in [0.5, 0.6) is 0 Å². The minimum Gasteiger partial charge on any atom is -0.370 e. The SMILES string of the molecule is CC(C)CC(Nc1ccc(S(=O)(=O)N2CCCC2)cc1[N+](=O)[O-])c1nc2ccccc2[nH]1. The molecule has 170 valence electrons. The average Bonchev–Trinajstić information content (AvgIpc) is 3.43. The highest BCUT2D eigenvalue weighted by Gasteiger charge is 2.30. The van der Waals surface area contributed by atoms with E-state index in [0.29, 0.717) is 31.3 Å². The second-order valence-electron chi connectivity index (χ2n) is 8.51. The van der Waals surface area contributed by atoms with E-state index in [-0.39, 0.29) is 22.3 Å². The molecule has 10 heteroatoms. The van der Waals surface area contributed by atoms with Crippen LogP contribution >= 0.6 is 0 Å². The summed E-state index contributed by atoms with van der Waals surface area (Å²) in [5.41, 5.74) is 1.70. The smallest absolute Gasteiger partial charge is 0.293 e. The number of nitrogens with zero attached hydrogens (tertiary/aromatic N) is 3. The predicted octanol–water partition coefficient (Wildman–Crippen LogP) is 4.45. The molecule has 0 amide bonds. The first-order valence-electron chi connectivity index (χ1n) is 10.8. The maximum atomic E-state index is 12.9. The minimum atomic E-state index is -3.75. The summed E-state index contributed by atoms with van der Waals surface area (Å²) < 4.78 is 27.1. The van der Waals surface area contributed by atoms with Crippen LogP contribution in [0.4, 0.5) is 11.4 Å². The Morgan fingerprint density at radius 2 is 1.91 bits per heavy atom. The van der Waals surface area contributed by atoms with Crippen molar-refractivity contribution in [3.63, 3.8) is 0 Å². The van der Waals surface area contributed by atoms with Crippen LogP contribution in [0.25, 0.3) is 11.0 Å². The number of nitro groups is 1. The Balaban J connectivity index is 1.69. The molecule has 3 aromatic rings. The average molecular weight is 458 g/mol. The van der Waals surface area contributed by atoms with E-state index in [0.717, 1.165) is 29.9 Å². The van der Waals surface area contributed by atoms with Gasteiger partial charge in [-0.2, -0.15) is 4.31 Å². The summed E-state index contributed by atoms with van der Waals surface area (Å²) in [6.07, 6.45) is 2.29. The van der Waals surface area contributed by atoms with Crippen LogP contribution < -0.4 is 5.32 Å². The molecule has 2 N–H and O–H groups in total. The molecule has 2 aromatic carbocycles. The summed E-state index contributed by atoms with van der Waals surface area (Å²) in [6, 6.07) is 11.4. The molecule has 9 nitrogen and oxygen atoms in total. The van der Waals surface area contributed by atoms with Gasteiger partial charge in [0, 0.05) is 19.2 Å². The lowest BCUT2D eigenvalue weighted by atomic mass is 10.0. The van der Waals surface area contributed by atoms with Gasteiger partial charge in [-0.15, -0.1) is 0 Å². The first-order valence-corrected chi connectivity index (χ1v) is 12.2. The van der Waals surface area contributed by atoms with Crippen molar-refractivity contribution in [1.82, 2.24) is 14.3 Å². The third-order valence-corrected chi connectivity index (χ3v) is 7.54. The van der Waals surface area contributed by atoms with Gasteiger partial charge in [0.2, 0.25) is 10.0 Å². The van der Waals surface area contributed by atoms with Crippen LogP contribution in [0, 0.1) is 16.0 Å². The number of benzene rings is 2. The van der Waals surface area contributed by atoms with Crippen LogP contribution in [0.3, 0.4) is 0 Å². The minimum absolute atomic E-state index is 0.0548. The van der Waals surface area contributed by atoms with Crippen molar-refractivity contribution < 1.29 is 13.3 Å². The second kappa shape index (κ2) is 8.87. The summed E-state index contributed by atoms with van der Waals surface area (Å²) >= 11 is 0. The highest BCUT2D eigenvalue weighted by molar-refractivity contribution is 7.89. The number of hydrogen-bond donors (Lipinski definition) is 2. The highest BCUT2D eigenvalue weighted by atomic mass is 32.2. The van der Waals surface area contributed by atoms with Gasteiger partial charge in [0.05, 0.1) is 26.9 Å². The maximum Gasteiger partial charge on any atom is 0.293 e.